The van der Waals surface area contributed by atoms with Crippen LogP contribution in [0.4, 0.5) is 0 Å². The Kier molecular flexibility index (Phi) is 5.85. The molecular weight excluding hydrogens is 254 g/mol. The summed E-state index contributed by atoms with van der Waals surface area (Å²) in [6.45, 7) is 5.44. The maximum atomic E-state index is 12.1. The zero-order valence-corrected chi connectivity index (χ0v) is 13.0. The molecule has 1 aliphatic heterocycles. The van der Waals surface area contributed by atoms with Crippen LogP contribution in [-0.2, 0) is 14.3 Å². The molecule has 2 fully saturated rings. The molecule has 4 nitrogen and oxygen atoms in total. The molecule has 0 spiro atoms. The molecule has 0 aromatic heterocycles. The third kappa shape index (κ3) is 3.95. The van der Waals surface area contributed by atoms with E-state index in [1.165, 1.54) is 32.8 Å². The van der Waals surface area contributed by atoms with Gasteiger partial charge in [0.2, 0.25) is 0 Å². The fourth-order valence-corrected chi connectivity index (χ4v) is 3.69. The molecule has 0 radical (unpaired) electrons. The first kappa shape index (κ1) is 15.8. The Bertz CT molecular complexity index is 313. The number of nitrogens with one attached hydrogen (secondary N) is 1. The average molecular weight is 283 g/mol. The highest BCUT2D eigenvalue weighted by molar-refractivity contribution is 5.77. The van der Waals surface area contributed by atoms with Crippen LogP contribution in [0.15, 0.2) is 0 Å². The maximum absolute atomic E-state index is 12.1. The van der Waals surface area contributed by atoms with Gasteiger partial charge in [-0.05, 0) is 44.1 Å². The molecule has 4 heteroatoms. The number of methoxy groups -OCH3 is 1. The molecule has 2 atom stereocenters. The van der Waals surface area contributed by atoms with Crippen LogP contribution < -0.4 is 5.32 Å². The zero-order valence-electron chi connectivity index (χ0n) is 13.0. The summed E-state index contributed by atoms with van der Waals surface area (Å²) in [5.41, 5.74) is -0.368. The number of hydrogen-bond acceptors (Lipinski definition) is 4. The van der Waals surface area contributed by atoms with Gasteiger partial charge in [-0.25, -0.2) is 0 Å². The second kappa shape index (κ2) is 7.41. The Morgan fingerprint density at radius 3 is 2.75 bits per heavy atom. The predicted octanol–water partition coefficient (Wildman–Crippen LogP) is 2.37. The molecule has 20 heavy (non-hydrogen) atoms. The van der Waals surface area contributed by atoms with E-state index in [0.717, 1.165) is 37.8 Å². The lowest BCUT2D eigenvalue weighted by molar-refractivity contribution is -0.158. The molecule has 0 aromatic carbocycles. The summed E-state index contributed by atoms with van der Waals surface area (Å²) in [6, 6.07) is 0. The standard InChI is InChI=1S/C16H29NO3/c1-13-4-3-5-14(10-13)11-17-12-16(15(18)19-2)6-8-20-9-7-16/h13-14,17H,3-12H2,1-2H3/t13-,14+/m1/s1. The maximum Gasteiger partial charge on any atom is 0.313 e. The first-order chi connectivity index (χ1) is 9.66. The molecule has 1 N–H and O–H groups in total. The monoisotopic (exact) mass is 283 g/mol. The molecular formula is C16H29NO3. The first-order valence-electron chi connectivity index (χ1n) is 8.03. The fraction of sp³-hybridized carbons (Fsp3) is 0.938. The SMILES string of the molecule is COC(=O)C1(CNC[C@H]2CCC[C@@H](C)C2)CCOCC1. The van der Waals surface area contributed by atoms with Gasteiger partial charge in [-0.3, -0.25) is 4.79 Å². The second-order valence-electron chi connectivity index (χ2n) is 6.65. The van der Waals surface area contributed by atoms with Crippen LogP contribution in [0.2, 0.25) is 0 Å². The molecule has 2 rings (SSSR count). The van der Waals surface area contributed by atoms with Gasteiger partial charge in [0, 0.05) is 19.8 Å². The summed E-state index contributed by atoms with van der Waals surface area (Å²) < 4.78 is 10.4. The van der Waals surface area contributed by atoms with Gasteiger partial charge >= 0.3 is 5.97 Å². The molecule has 1 saturated carbocycles. The van der Waals surface area contributed by atoms with Crippen LogP contribution in [0.3, 0.4) is 0 Å². The second-order valence-corrected chi connectivity index (χ2v) is 6.65. The predicted molar refractivity (Wildman–Crippen MR) is 78.5 cm³/mol. The highest BCUT2D eigenvalue weighted by atomic mass is 16.5. The van der Waals surface area contributed by atoms with Gasteiger partial charge < -0.3 is 14.8 Å². The Labute approximate surface area is 122 Å². The van der Waals surface area contributed by atoms with Crippen LogP contribution in [-0.4, -0.2) is 39.4 Å². The van der Waals surface area contributed by atoms with Crippen molar-refractivity contribution in [3.63, 3.8) is 0 Å². The average Bonchev–Trinajstić information content (AvgIpc) is 2.47. The highest BCUT2D eigenvalue weighted by Gasteiger charge is 2.40. The zero-order chi connectivity index (χ0) is 14.4. The minimum atomic E-state index is -0.368. The smallest absolute Gasteiger partial charge is 0.313 e. The molecule has 116 valence electrons. The van der Waals surface area contributed by atoms with Crippen molar-refractivity contribution >= 4 is 5.97 Å². The summed E-state index contributed by atoms with van der Waals surface area (Å²) in [7, 11) is 1.49. The van der Waals surface area contributed by atoms with E-state index in [1.807, 2.05) is 0 Å². The van der Waals surface area contributed by atoms with Gasteiger partial charge in [0.15, 0.2) is 0 Å². The van der Waals surface area contributed by atoms with E-state index in [0.29, 0.717) is 13.2 Å². The van der Waals surface area contributed by atoms with Crippen molar-refractivity contribution in [2.75, 3.05) is 33.4 Å². The Balaban J connectivity index is 1.81. The lowest BCUT2D eigenvalue weighted by atomic mass is 9.79. The molecule has 2 aliphatic rings. The van der Waals surface area contributed by atoms with E-state index >= 15 is 0 Å². The minimum Gasteiger partial charge on any atom is -0.469 e. The van der Waals surface area contributed by atoms with Crippen molar-refractivity contribution in [1.29, 1.82) is 0 Å². The quantitative estimate of drug-likeness (QED) is 0.787. The summed E-state index contributed by atoms with van der Waals surface area (Å²) in [5, 5.41) is 3.55. The number of rotatable bonds is 5. The molecule has 0 unspecified atom stereocenters. The van der Waals surface area contributed by atoms with Crippen LogP contribution in [0.25, 0.3) is 0 Å². The summed E-state index contributed by atoms with van der Waals surface area (Å²) in [4.78, 5) is 12.1. The van der Waals surface area contributed by atoms with Gasteiger partial charge in [-0.15, -0.1) is 0 Å². The largest absolute Gasteiger partial charge is 0.469 e. The van der Waals surface area contributed by atoms with Gasteiger partial charge in [0.25, 0.3) is 0 Å². The van der Waals surface area contributed by atoms with Crippen molar-refractivity contribution in [2.45, 2.75) is 45.4 Å². The fourth-order valence-electron chi connectivity index (χ4n) is 3.69. The molecule has 1 heterocycles. The summed E-state index contributed by atoms with van der Waals surface area (Å²) in [5.74, 6) is 1.55. The summed E-state index contributed by atoms with van der Waals surface area (Å²) in [6.07, 6.45) is 6.91. The number of carbonyl (C=O) groups excluding carboxylic acids is 1. The van der Waals surface area contributed by atoms with E-state index in [4.69, 9.17) is 9.47 Å². The van der Waals surface area contributed by atoms with Crippen LogP contribution in [0.5, 0.6) is 0 Å². The van der Waals surface area contributed by atoms with Gasteiger partial charge in [0.05, 0.1) is 12.5 Å². The van der Waals surface area contributed by atoms with Gasteiger partial charge in [-0.1, -0.05) is 19.8 Å². The van der Waals surface area contributed by atoms with Crippen LogP contribution in [0, 0.1) is 17.3 Å². The number of hydrogen-bond donors (Lipinski definition) is 1. The van der Waals surface area contributed by atoms with E-state index in [1.54, 1.807) is 0 Å². The number of esters is 1. The Morgan fingerprint density at radius 1 is 1.35 bits per heavy atom. The number of ether oxygens (including phenoxy) is 2. The third-order valence-electron chi connectivity index (χ3n) is 5.01. The van der Waals surface area contributed by atoms with Crippen LogP contribution >= 0.6 is 0 Å². The molecule has 1 saturated heterocycles. The Morgan fingerprint density at radius 2 is 2.10 bits per heavy atom. The molecule has 0 amide bonds. The normalized spacial score (nSPS) is 29.9. The first-order valence-corrected chi connectivity index (χ1v) is 8.03. The van der Waals surface area contributed by atoms with E-state index in [9.17, 15) is 4.79 Å². The van der Waals surface area contributed by atoms with E-state index < -0.39 is 0 Å². The molecule has 1 aliphatic carbocycles. The number of carbonyl (C=O) groups is 1. The molecule has 0 aromatic rings. The van der Waals surface area contributed by atoms with Crippen molar-refractivity contribution in [1.82, 2.24) is 5.32 Å². The topological polar surface area (TPSA) is 47.6 Å². The van der Waals surface area contributed by atoms with Crippen molar-refractivity contribution < 1.29 is 14.3 Å². The van der Waals surface area contributed by atoms with E-state index in [2.05, 4.69) is 12.2 Å². The van der Waals surface area contributed by atoms with Crippen molar-refractivity contribution in [3.8, 4) is 0 Å². The third-order valence-corrected chi connectivity index (χ3v) is 5.01. The van der Waals surface area contributed by atoms with Crippen molar-refractivity contribution in [3.05, 3.63) is 0 Å². The highest BCUT2D eigenvalue weighted by Crippen LogP contribution is 2.32. The lowest BCUT2D eigenvalue weighted by Gasteiger charge is -2.35. The lowest BCUT2D eigenvalue weighted by Crippen LogP contribution is -2.46. The molecule has 0 bridgehead atoms. The Hall–Kier alpha value is -0.610. The minimum absolute atomic E-state index is 0.0784. The van der Waals surface area contributed by atoms with Gasteiger partial charge in [0.1, 0.15) is 0 Å². The van der Waals surface area contributed by atoms with Gasteiger partial charge in [-0.2, -0.15) is 0 Å². The van der Waals surface area contributed by atoms with E-state index in [-0.39, 0.29) is 11.4 Å². The van der Waals surface area contributed by atoms with Crippen molar-refractivity contribution in [2.24, 2.45) is 17.3 Å². The van der Waals surface area contributed by atoms with Crippen LogP contribution in [0.1, 0.15) is 45.4 Å². The summed E-state index contributed by atoms with van der Waals surface area (Å²) >= 11 is 0.